The van der Waals surface area contributed by atoms with Crippen molar-refractivity contribution in [3.05, 3.63) is 40.4 Å². The van der Waals surface area contributed by atoms with Crippen LogP contribution in [-0.4, -0.2) is 54.2 Å². The highest BCUT2D eigenvalue weighted by Crippen LogP contribution is 2.26. The first-order valence-electron chi connectivity index (χ1n) is 7.83. The molecule has 6 nitrogen and oxygen atoms in total. The zero-order chi connectivity index (χ0) is 17.8. The first-order chi connectivity index (χ1) is 12.0. The minimum atomic E-state index is -0.859. The van der Waals surface area contributed by atoms with E-state index in [0.29, 0.717) is 36.3 Å². The molecule has 1 atom stereocenters. The van der Waals surface area contributed by atoms with Crippen molar-refractivity contribution in [1.82, 2.24) is 9.88 Å². The van der Waals surface area contributed by atoms with Crippen molar-refractivity contribution < 1.29 is 19.1 Å². The van der Waals surface area contributed by atoms with E-state index in [1.54, 1.807) is 29.3 Å². The summed E-state index contributed by atoms with van der Waals surface area (Å²) in [5, 5.41) is 2.88. The molecule has 0 saturated carbocycles. The summed E-state index contributed by atoms with van der Waals surface area (Å²) in [6, 6.07) is 7.23. The Morgan fingerprint density at radius 2 is 2.12 bits per heavy atom. The number of amides is 1. The fourth-order valence-corrected chi connectivity index (χ4v) is 3.41. The number of ether oxygens (including phenoxy) is 2. The summed E-state index contributed by atoms with van der Waals surface area (Å²) < 4.78 is 10.5. The van der Waals surface area contributed by atoms with Gasteiger partial charge in [-0.05, 0) is 19.1 Å². The van der Waals surface area contributed by atoms with Crippen LogP contribution in [0.1, 0.15) is 17.4 Å². The van der Waals surface area contributed by atoms with Gasteiger partial charge in [0.25, 0.3) is 5.91 Å². The monoisotopic (exact) mass is 380 g/mol. The van der Waals surface area contributed by atoms with Crippen LogP contribution in [-0.2, 0) is 14.3 Å². The summed E-state index contributed by atoms with van der Waals surface area (Å²) in [5.41, 5.74) is 1.01. The molecule has 1 saturated heterocycles. The molecule has 0 radical (unpaired) electrons. The largest absolute Gasteiger partial charge is 0.448 e. The highest BCUT2D eigenvalue weighted by molar-refractivity contribution is 7.13. The molecule has 0 N–H and O–H groups in total. The zero-order valence-corrected chi connectivity index (χ0v) is 15.2. The number of halogens is 1. The van der Waals surface area contributed by atoms with E-state index in [-0.39, 0.29) is 11.6 Å². The van der Waals surface area contributed by atoms with E-state index in [1.807, 2.05) is 12.1 Å². The van der Waals surface area contributed by atoms with Gasteiger partial charge in [-0.25, -0.2) is 9.78 Å². The second-order valence-corrected chi connectivity index (χ2v) is 6.83. The van der Waals surface area contributed by atoms with E-state index in [0.717, 1.165) is 5.56 Å². The third kappa shape index (κ3) is 4.36. The van der Waals surface area contributed by atoms with Crippen molar-refractivity contribution in [1.29, 1.82) is 0 Å². The third-order valence-corrected chi connectivity index (χ3v) is 4.87. The maximum Gasteiger partial charge on any atom is 0.358 e. The lowest BCUT2D eigenvalue weighted by Gasteiger charge is -2.28. The molecule has 1 aliphatic rings. The zero-order valence-electron chi connectivity index (χ0n) is 13.6. The Kier molecular flexibility index (Phi) is 5.67. The number of benzene rings is 1. The molecule has 2 heterocycles. The lowest BCUT2D eigenvalue weighted by Crippen LogP contribution is -2.46. The number of thiazole rings is 1. The van der Waals surface area contributed by atoms with Gasteiger partial charge in [0.1, 0.15) is 5.01 Å². The van der Waals surface area contributed by atoms with E-state index >= 15 is 0 Å². The van der Waals surface area contributed by atoms with Crippen LogP contribution in [0.4, 0.5) is 0 Å². The number of morpholine rings is 1. The first-order valence-corrected chi connectivity index (χ1v) is 9.09. The van der Waals surface area contributed by atoms with E-state index in [2.05, 4.69) is 4.98 Å². The highest BCUT2D eigenvalue weighted by Gasteiger charge is 2.26. The molecule has 2 aromatic rings. The van der Waals surface area contributed by atoms with Crippen molar-refractivity contribution in [2.24, 2.45) is 0 Å². The number of aromatic nitrogens is 1. The van der Waals surface area contributed by atoms with Gasteiger partial charge in [-0.3, -0.25) is 4.79 Å². The Morgan fingerprint density at radius 1 is 1.36 bits per heavy atom. The molecule has 0 aliphatic carbocycles. The van der Waals surface area contributed by atoms with Gasteiger partial charge in [-0.15, -0.1) is 11.3 Å². The quantitative estimate of drug-likeness (QED) is 0.763. The molecular weight excluding hydrogens is 364 g/mol. The number of carbonyl (C=O) groups excluding carboxylic acids is 2. The van der Waals surface area contributed by atoms with Crippen molar-refractivity contribution in [2.45, 2.75) is 13.0 Å². The van der Waals surface area contributed by atoms with Crippen LogP contribution in [0.3, 0.4) is 0 Å². The fourth-order valence-electron chi connectivity index (χ4n) is 2.43. The van der Waals surface area contributed by atoms with E-state index in [4.69, 9.17) is 21.1 Å². The van der Waals surface area contributed by atoms with Crippen LogP contribution < -0.4 is 0 Å². The van der Waals surface area contributed by atoms with E-state index in [9.17, 15) is 9.59 Å². The summed E-state index contributed by atoms with van der Waals surface area (Å²) in [5.74, 6) is -0.833. The number of hydrogen-bond acceptors (Lipinski definition) is 6. The Hall–Kier alpha value is -1.96. The summed E-state index contributed by atoms with van der Waals surface area (Å²) in [6.45, 7) is 3.59. The van der Waals surface area contributed by atoms with E-state index in [1.165, 1.54) is 11.3 Å². The van der Waals surface area contributed by atoms with Crippen molar-refractivity contribution >= 4 is 34.8 Å². The first kappa shape index (κ1) is 17.8. The van der Waals surface area contributed by atoms with Gasteiger partial charge in [0.15, 0.2) is 11.8 Å². The Balaban J connectivity index is 1.64. The van der Waals surface area contributed by atoms with Crippen LogP contribution in [0.25, 0.3) is 10.6 Å². The van der Waals surface area contributed by atoms with Gasteiger partial charge in [0, 0.05) is 29.1 Å². The minimum Gasteiger partial charge on any atom is -0.448 e. The SMILES string of the molecule is CC(OC(=O)c1csc(-c2cccc(Cl)c2)n1)C(=O)N1CCOCC1. The second-order valence-electron chi connectivity index (χ2n) is 5.53. The molecule has 1 aromatic heterocycles. The average molecular weight is 381 g/mol. The minimum absolute atomic E-state index is 0.182. The van der Waals surface area contributed by atoms with Gasteiger partial charge >= 0.3 is 5.97 Å². The molecular formula is C17H17ClN2O4S. The van der Waals surface area contributed by atoms with Gasteiger partial charge in [0.2, 0.25) is 0 Å². The standard InChI is InChI=1S/C17H17ClN2O4S/c1-11(16(21)20-5-7-23-8-6-20)24-17(22)14-10-25-15(19-14)12-3-2-4-13(18)9-12/h2-4,9-11H,5-8H2,1H3. The summed E-state index contributed by atoms with van der Waals surface area (Å²) >= 11 is 7.30. The Morgan fingerprint density at radius 3 is 2.84 bits per heavy atom. The second kappa shape index (κ2) is 7.95. The number of nitrogens with zero attached hydrogens (tertiary/aromatic N) is 2. The molecule has 0 bridgehead atoms. The number of carbonyl (C=O) groups is 2. The highest BCUT2D eigenvalue weighted by atomic mass is 35.5. The summed E-state index contributed by atoms with van der Waals surface area (Å²) in [6.07, 6.45) is -0.859. The normalized spacial score (nSPS) is 15.7. The molecule has 1 aliphatic heterocycles. The fraction of sp³-hybridized carbons (Fsp3) is 0.353. The van der Waals surface area contributed by atoms with Crippen molar-refractivity contribution in [2.75, 3.05) is 26.3 Å². The molecule has 132 valence electrons. The van der Waals surface area contributed by atoms with Crippen LogP contribution in [0.2, 0.25) is 5.02 Å². The maximum absolute atomic E-state index is 12.3. The van der Waals surface area contributed by atoms with Crippen LogP contribution in [0.15, 0.2) is 29.6 Å². The maximum atomic E-state index is 12.3. The van der Waals surface area contributed by atoms with Gasteiger partial charge in [-0.1, -0.05) is 23.7 Å². The molecule has 3 rings (SSSR count). The molecule has 0 spiro atoms. The lowest BCUT2D eigenvalue weighted by atomic mass is 10.2. The van der Waals surface area contributed by atoms with E-state index < -0.39 is 12.1 Å². The molecule has 1 aromatic carbocycles. The van der Waals surface area contributed by atoms with Crippen LogP contribution in [0, 0.1) is 0 Å². The summed E-state index contributed by atoms with van der Waals surface area (Å²) in [4.78, 5) is 30.5. The summed E-state index contributed by atoms with van der Waals surface area (Å²) in [7, 11) is 0. The topological polar surface area (TPSA) is 68.7 Å². The van der Waals surface area contributed by atoms with Gasteiger partial charge in [-0.2, -0.15) is 0 Å². The number of esters is 1. The van der Waals surface area contributed by atoms with Crippen LogP contribution in [0.5, 0.6) is 0 Å². The molecule has 1 fully saturated rings. The lowest BCUT2D eigenvalue weighted by molar-refractivity contribution is -0.143. The van der Waals surface area contributed by atoms with Gasteiger partial charge < -0.3 is 14.4 Å². The van der Waals surface area contributed by atoms with Crippen molar-refractivity contribution in [3.8, 4) is 10.6 Å². The smallest absolute Gasteiger partial charge is 0.358 e. The molecule has 1 unspecified atom stereocenters. The molecule has 25 heavy (non-hydrogen) atoms. The van der Waals surface area contributed by atoms with Crippen LogP contribution >= 0.6 is 22.9 Å². The number of hydrogen-bond donors (Lipinski definition) is 0. The molecule has 1 amide bonds. The molecule has 8 heteroatoms. The predicted octanol–water partition coefficient (Wildman–Crippen LogP) is 2.87. The third-order valence-electron chi connectivity index (χ3n) is 3.74. The average Bonchev–Trinajstić information content (AvgIpc) is 3.12. The Labute approximate surface area is 154 Å². The predicted molar refractivity (Wildman–Crippen MR) is 94.8 cm³/mol. The number of rotatable bonds is 4. The van der Waals surface area contributed by atoms with Gasteiger partial charge in [0.05, 0.1) is 13.2 Å². The van der Waals surface area contributed by atoms with Crippen molar-refractivity contribution in [3.63, 3.8) is 0 Å². The Bertz CT molecular complexity index is 774.